The van der Waals surface area contributed by atoms with Crippen LogP contribution in [0.3, 0.4) is 0 Å². The number of carbonyl (C=O) groups excluding carboxylic acids is 3. The number of rotatable bonds is 5. The molecule has 0 aromatic carbocycles. The first-order chi connectivity index (χ1) is 10.1. The highest BCUT2D eigenvalue weighted by Gasteiger charge is 2.39. The highest BCUT2D eigenvalue weighted by Crippen LogP contribution is 2.18. The lowest BCUT2D eigenvalue weighted by Crippen LogP contribution is -2.57. The smallest absolute Gasteiger partial charge is 0.331 e. The van der Waals surface area contributed by atoms with Crippen LogP contribution >= 0.6 is 0 Å². The molecular weight excluding hydrogens is 274 g/mol. The Morgan fingerprint density at radius 3 is 2.67 bits per heavy atom. The zero-order valence-electron chi connectivity index (χ0n) is 12.0. The summed E-state index contributed by atoms with van der Waals surface area (Å²) in [4.78, 5) is 40.8. The van der Waals surface area contributed by atoms with E-state index in [1.54, 1.807) is 12.1 Å². The standard InChI is InChI=1S/C14H17N3O4/c1-3-4-10-12(18)16-14(20)17(13(10)19)8-9-5-6-11(21-2)15-7-9/h5-7,10H,3-4,8H2,1-2H3,(H,16,18,20). The van der Waals surface area contributed by atoms with Crippen LogP contribution in [0, 0.1) is 5.92 Å². The molecule has 0 saturated carbocycles. The average molecular weight is 291 g/mol. The summed E-state index contributed by atoms with van der Waals surface area (Å²) in [6.45, 7) is 1.96. The molecule has 0 radical (unpaired) electrons. The number of imide groups is 2. The molecule has 7 nitrogen and oxygen atoms in total. The molecule has 2 rings (SSSR count). The van der Waals surface area contributed by atoms with Gasteiger partial charge >= 0.3 is 6.03 Å². The van der Waals surface area contributed by atoms with Crippen LogP contribution in [0.5, 0.6) is 5.88 Å². The largest absolute Gasteiger partial charge is 0.481 e. The maximum atomic E-state index is 12.3. The molecule has 0 spiro atoms. The van der Waals surface area contributed by atoms with Crippen molar-refractivity contribution in [1.29, 1.82) is 0 Å². The molecule has 0 aliphatic carbocycles. The monoisotopic (exact) mass is 291 g/mol. The van der Waals surface area contributed by atoms with Gasteiger partial charge in [-0.15, -0.1) is 0 Å². The van der Waals surface area contributed by atoms with Crippen LogP contribution in [0.1, 0.15) is 25.3 Å². The Kier molecular flexibility index (Phi) is 4.52. The Morgan fingerprint density at radius 1 is 1.33 bits per heavy atom. The van der Waals surface area contributed by atoms with Gasteiger partial charge in [-0.25, -0.2) is 9.78 Å². The zero-order valence-corrected chi connectivity index (χ0v) is 12.0. The molecular formula is C14H17N3O4. The topological polar surface area (TPSA) is 88.6 Å². The number of urea groups is 1. The van der Waals surface area contributed by atoms with E-state index in [2.05, 4.69) is 10.3 Å². The number of barbiturate groups is 1. The van der Waals surface area contributed by atoms with Crippen LogP contribution in [-0.2, 0) is 16.1 Å². The van der Waals surface area contributed by atoms with Gasteiger partial charge in [-0.3, -0.25) is 19.8 Å². The number of carbonyl (C=O) groups is 3. The lowest BCUT2D eigenvalue weighted by molar-refractivity contribution is -0.143. The molecule has 1 unspecified atom stereocenters. The number of nitrogens with zero attached hydrogens (tertiary/aromatic N) is 2. The highest BCUT2D eigenvalue weighted by atomic mass is 16.5. The summed E-state index contributed by atoms with van der Waals surface area (Å²) in [7, 11) is 1.50. The van der Waals surface area contributed by atoms with E-state index >= 15 is 0 Å². The van der Waals surface area contributed by atoms with Crippen LogP contribution in [0.25, 0.3) is 0 Å². The maximum absolute atomic E-state index is 12.3. The van der Waals surface area contributed by atoms with E-state index in [4.69, 9.17) is 4.74 Å². The molecule has 1 N–H and O–H groups in total. The molecule has 1 aromatic rings. The summed E-state index contributed by atoms with van der Waals surface area (Å²) in [5.41, 5.74) is 0.684. The van der Waals surface area contributed by atoms with Gasteiger partial charge in [-0.2, -0.15) is 0 Å². The van der Waals surface area contributed by atoms with Crippen LogP contribution in [0.15, 0.2) is 18.3 Å². The third kappa shape index (κ3) is 3.18. The van der Waals surface area contributed by atoms with Crippen LogP contribution in [0.2, 0.25) is 0 Å². The number of hydrogen-bond donors (Lipinski definition) is 1. The fraction of sp³-hybridized carbons (Fsp3) is 0.429. The Bertz CT molecular complexity index is 556. The van der Waals surface area contributed by atoms with Gasteiger partial charge in [0, 0.05) is 12.3 Å². The summed E-state index contributed by atoms with van der Waals surface area (Å²) in [5, 5.41) is 2.22. The Hall–Kier alpha value is -2.44. The number of ether oxygens (including phenoxy) is 1. The van der Waals surface area contributed by atoms with Gasteiger partial charge in [0.2, 0.25) is 17.7 Å². The molecule has 21 heavy (non-hydrogen) atoms. The first kappa shape index (κ1) is 15.0. The van der Waals surface area contributed by atoms with Crippen LogP contribution < -0.4 is 10.1 Å². The Labute approximate surface area is 122 Å². The van der Waals surface area contributed by atoms with E-state index in [-0.39, 0.29) is 6.54 Å². The Balaban J connectivity index is 2.14. The molecule has 1 aliphatic rings. The summed E-state index contributed by atoms with van der Waals surface area (Å²) >= 11 is 0. The highest BCUT2D eigenvalue weighted by molar-refractivity contribution is 6.16. The van der Waals surface area contributed by atoms with Crippen molar-refractivity contribution in [3.05, 3.63) is 23.9 Å². The van der Waals surface area contributed by atoms with Gasteiger partial charge in [0.25, 0.3) is 0 Å². The van der Waals surface area contributed by atoms with E-state index in [9.17, 15) is 14.4 Å². The minimum Gasteiger partial charge on any atom is -0.481 e. The van der Waals surface area contributed by atoms with Crippen molar-refractivity contribution in [1.82, 2.24) is 15.2 Å². The molecule has 1 aliphatic heterocycles. The average Bonchev–Trinajstić information content (AvgIpc) is 2.48. The van der Waals surface area contributed by atoms with E-state index in [0.717, 1.165) is 4.90 Å². The predicted octanol–water partition coefficient (Wildman–Crippen LogP) is 1.08. The molecule has 2 heterocycles. The predicted molar refractivity (Wildman–Crippen MR) is 73.3 cm³/mol. The maximum Gasteiger partial charge on any atom is 0.331 e. The number of methoxy groups -OCH3 is 1. The fourth-order valence-electron chi connectivity index (χ4n) is 2.16. The molecule has 0 bridgehead atoms. The lowest BCUT2D eigenvalue weighted by Gasteiger charge is -2.30. The lowest BCUT2D eigenvalue weighted by atomic mass is 9.99. The third-order valence-electron chi connectivity index (χ3n) is 3.28. The summed E-state index contributed by atoms with van der Waals surface area (Å²) < 4.78 is 4.95. The van der Waals surface area contributed by atoms with Gasteiger partial charge in [0.05, 0.1) is 13.7 Å². The van der Waals surface area contributed by atoms with Crippen LogP contribution in [-0.4, -0.2) is 34.8 Å². The van der Waals surface area contributed by atoms with Gasteiger partial charge in [-0.05, 0) is 12.0 Å². The molecule has 1 fully saturated rings. The third-order valence-corrected chi connectivity index (χ3v) is 3.28. The van der Waals surface area contributed by atoms with Crippen molar-refractivity contribution < 1.29 is 19.1 Å². The molecule has 1 atom stereocenters. The van der Waals surface area contributed by atoms with E-state index < -0.39 is 23.8 Å². The Morgan fingerprint density at radius 2 is 2.10 bits per heavy atom. The van der Waals surface area contributed by atoms with Crippen molar-refractivity contribution in [2.75, 3.05) is 7.11 Å². The SMILES string of the molecule is CCCC1C(=O)NC(=O)N(Cc2ccc(OC)nc2)C1=O. The fourth-order valence-corrected chi connectivity index (χ4v) is 2.16. The van der Waals surface area contributed by atoms with Crippen molar-refractivity contribution in [2.24, 2.45) is 5.92 Å². The summed E-state index contributed by atoms with van der Waals surface area (Å²) in [5.74, 6) is -1.32. The van der Waals surface area contributed by atoms with Crippen molar-refractivity contribution in [2.45, 2.75) is 26.3 Å². The molecule has 112 valence electrons. The number of nitrogens with one attached hydrogen (secondary N) is 1. The van der Waals surface area contributed by atoms with Gasteiger partial charge in [0.15, 0.2) is 0 Å². The first-order valence-corrected chi connectivity index (χ1v) is 6.72. The second-order valence-corrected chi connectivity index (χ2v) is 4.77. The second-order valence-electron chi connectivity index (χ2n) is 4.77. The number of pyridine rings is 1. The molecule has 4 amide bonds. The van der Waals surface area contributed by atoms with Gasteiger partial charge in [0.1, 0.15) is 5.92 Å². The number of hydrogen-bond acceptors (Lipinski definition) is 5. The summed E-state index contributed by atoms with van der Waals surface area (Å²) in [6, 6.07) is 2.68. The van der Waals surface area contributed by atoms with Gasteiger partial charge < -0.3 is 4.74 Å². The summed E-state index contributed by atoms with van der Waals surface area (Å²) in [6.07, 6.45) is 2.65. The minimum absolute atomic E-state index is 0.0785. The molecule has 1 saturated heterocycles. The first-order valence-electron chi connectivity index (χ1n) is 6.72. The van der Waals surface area contributed by atoms with Crippen molar-refractivity contribution >= 4 is 17.8 Å². The van der Waals surface area contributed by atoms with E-state index in [1.165, 1.54) is 13.3 Å². The number of amides is 4. The van der Waals surface area contributed by atoms with E-state index in [1.807, 2.05) is 6.92 Å². The van der Waals surface area contributed by atoms with Gasteiger partial charge in [-0.1, -0.05) is 19.4 Å². The molecule has 7 heteroatoms. The number of aromatic nitrogens is 1. The van der Waals surface area contributed by atoms with Crippen LogP contribution in [0.4, 0.5) is 4.79 Å². The molecule has 1 aromatic heterocycles. The quantitative estimate of drug-likeness (QED) is 0.820. The normalized spacial score (nSPS) is 18.7. The van der Waals surface area contributed by atoms with Crippen molar-refractivity contribution in [3.8, 4) is 5.88 Å². The second kappa shape index (κ2) is 6.34. The van der Waals surface area contributed by atoms with E-state index in [0.29, 0.717) is 24.3 Å². The van der Waals surface area contributed by atoms with Crippen molar-refractivity contribution in [3.63, 3.8) is 0 Å². The minimum atomic E-state index is -0.793. The zero-order chi connectivity index (χ0) is 15.4.